The lowest BCUT2D eigenvalue weighted by Crippen LogP contribution is -2.29. The number of hydrogen-bond acceptors (Lipinski definition) is 10. The van der Waals surface area contributed by atoms with Crippen molar-refractivity contribution in [2.24, 2.45) is 0 Å². The first-order chi connectivity index (χ1) is 21.4. The summed E-state index contributed by atoms with van der Waals surface area (Å²) in [5.74, 6) is -0.337. The summed E-state index contributed by atoms with van der Waals surface area (Å²) in [4.78, 5) is 37.2. The second kappa shape index (κ2) is 23.4. The number of carbonyl (C=O) groups excluding carboxylic acids is 2. The Kier molecular flexibility index (Phi) is 19.8. The predicted octanol–water partition coefficient (Wildman–Crippen LogP) is 7.26. The molecule has 2 heterocycles. The van der Waals surface area contributed by atoms with Gasteiger partial charge < -0.3 is 25.7 Å². The van der Waals surface area contributed by atoms with Gasteiger partial charge in [0.15, 0.2) is 11.5 Å². The smallest absolute Gasteiger partial charge is 0.305 e. The number of esters is 2. The number of nitrogens with zero attached hydrogens (tertiary/aromatic N) is 4. The lowest BCUT2D eigenvalue weighted by atomic mass is 10.1. The molecule has 2 aromatic heterocycles. The highest BCUT2D eigenvalue weighted by Crippen LogP contribution is 2.18. The van der Waals surface area contributed by atoms with Crippen molar-refractivity contribution in [2.75, 3.05) is 24.7 Å². The van der Waals surface area contributed by atoms with Gasteiger partial charge in [0.25, 0.3) is 0 Å². The van der Waals surface area contributed by atoms with E-state index >= 15 is 0 Å². The maximum absolute atomic E-state index is 12.4. The summed E-state index contributed by atoms with van der Waals surface area (Å²) < 4.78 is 18.7. The minimum Gasteiger partial charge on any atom is -0.463 e. The molecule has 44 heavy (non-hydrogen) atoms. The van der Waals surface area contributed by atoms with E-state index in [4.69, 9.17) is 25.7 Å². The van der Waals surface area contributed by atoms with Crippen LogP contribution in [0.25, 0.3) is 11.2 Å². The number of carbonyl (C=O) groups is 2. The first-order valence-electron chi connectivity index (χ1n) is 17.1. The van der Waals surface area contributed by atoms with Gasteiger partial charge >= 0.3 is 11.9 Å². The molecule has 0 saturated carbocycles. The molecular formula is C33H58N6O5. The van der Waals surface area contributed by atoms with E-state index in [1.807, 2.05) is 0 Å². The summed E-state index contributed by atoms with van der Waals surface area (Å²) in [7, 11) is 0. The second-order valence-electron chi connectivity index (χ2n) is 11.8. The summed E-state index contributed by atoms with van der Waals surface area (Å²) in [6.07, 6.45) is 22.8. The Balaban J connectivity index is 1.75. The van der Waals surface area contributed by atoms with Crippen LogP contribution in [0.5, 0.6) is 0 Å². The van der Waals surface area contributed by atoms with Crippen LogP contribution < -0.4 is 11.5 Å². The van der Waals surface area contributed by atoms with E-state index in [9.17, 15) is 9.59 Å². The van der Waals surface area contributed by atoms with Crippen molar-refractivity contribution in [3.63, 3.8) is 0 Å². The zero-order valence-corrected chi connectivity index (χ0v) is 27.4. The quantitative estimate of drug-likeness (QED) is 0.0771. The van der Waals surface area contributed by atoms with Crippen molar-refractivity contribution in [3.8, 4) is 0 Å². The van der Waals surface area contributed by atoms with Crippen molar-refractivity contribution in [1.29, 1.82) is 0 Å². The molecule has 250 valence electrons. The fourth-order valence-electron chi connectivity index (χ4n) is 5.08. The maximum Gasteiger partial charge on any atom is 0.305 e. The number of ether oxygens (including phenoxy) is 3. The lowest BCUT2D eigenvalue weighted by Gasteiger charge is -2.18. The minimum absolute atomic E-state index is 0.0204. The Hall–Kier alpha value is -2.95. The first-order valence-corrected chi connectivity index (χ1v) is 17.1. The van der Waals surface area contributed by atoms with Crippen LogP contribution >= 0.6 is 0 Å². The van der Waals surface area contributed by atoms with Gasteiger partial charge in [0.1, 0.15) is 31.6 Å². The Labute approximate surface area is 264 Å². The van der Waals surface area contributed by atoms with Crippen molar-refractivity contribution >= 4 is 34.9 Å². The number of aromatic nitrogens is 4. The lowest BCUT2D eigenvalue weighted by molar-refractivity contribution is -0.157. The molecule has 0 aliphatic carbocycles. The third-order valence-corrected chi connectivity index (χ3v) is 7.79. The highest BCUT2D eigenvalue weighted by Gasteiger charge is 2.18. The van der Waals surface area contributed by atoms with Gasteiger partial charge in [-0.2, -0.15) is 9.97 Å². The van der Waals surface area contributed by atoms with Gasteiger partial charge in [-0.3, -0.25) is 14.2 Å². The summed E-state index contributed by atoms with van der Waals surface area (Å²) in [6.45, 7) is 4.44. The zero-order valence-electron chi connectivity index (χ0n) is 27.4. The zero-order chi connectivity index (χ0) is 31.8. The third kappa shape index (κ3) is 16.2. The summed E-state index contributed by atoms with van der Waals surface area (Å²) in [5.41, 5.74) is 12.5. The van der Waals surface area contributed by atoms with Crippen molar-refractivity contribution in [3.05, 3.63) is 6.33 Å². The van der Waals surface area contributed by atoms with Gasteiger partial charge in [-0.1, -0.05) is 117 Å². The Morgan fingerprint density at radius 3 is 1.64 bits per heavy atom. The van der Waals surface area contributed by atoms with Gasteiger partial charge in [0, 0.05) is 12.8 Å². The highest BCUT2D eigenvalue weighted by molar-refractivity contribution is 5.82. The molecule has 0 aliphatic heterocycles. The molecular weight excluding hydrogens is 560 g/mol. The largest absolute Gasteiger partial charge is 0.463 e. The highest BCUT2D eigenvalue weighted by atomic mass is 16.6. The number of fused-ring (bicyclic) bond motifs is 1. The molecule has 4 N–H and O–H groups in total. The van der Waals surface area contributed by atoms with Crippen molar-refractivity contribution < 1.29 is 23.8 Å². The number of anilines is 2. The van der Waals surface area contributed by atoms with Crippen LogP contribution in [0.15, 0.2) is 6.33 Å². The van der Waals surface area contributed by atoms with Gasteiger partial charge in [-0.05, 0) is 12.8 Å². The predicted molar refractivity (Wildman–Crippen MR) is 175 cm³/mol. The van der Waals surface area contributed by atoms with Crippen LogP contribution in [-0.4, -0.2) is 50.8 Å². The Morgan fingerprint density at radius 2 is 1.16 bits per heavy atom. The molecule has 0 radical (unpaired) electrons. The number of imidazole rings is 1. The number of rotatable bonds is 27. The second-order valence-corrected chi connectivity index (χ2v) is 11.8. The fraction of sp³-hybridized carbons (Fsp3) is 0.788. The number of nitrogens with two attached hydrogens (primary N) is 2. The summed E-state index contributed by atoms with van der Waals surface area (Å²) >= 11 is 0. The van der Waals surface area contributed by atoms with Crippen LogP contribution in [0.1, 0.15) is 142 Å². The molecule has 11 nitrogen and oxygen atoms in total. The molecule has 0 saturated heterocycles. The van der Waals surface area contributed by atoms with Gasteiger partial charge in [-0.25, -0.2) is 4.98 Å². The normalized spacial score (nSPS) is 11.4. The Morgan fingerprint density at radius 1 is 0.705 bits per heavy atom. The third-order valence-electron chi connectivity index (χ3n) is 7.79. The van der Waals surface area contributed by atoms with Gasteiger partial charge in [-0.15, -0.1) is 0 Å². The molecule has 0 amide bonds. The van der Waals surface area contributed by atoms with E-state index in [-0.39, 0.29) is 43.6 Å². The molecule has 0 spiro atoms. The van der Waals surface area contributed by atoms with Crippen LogP contribution in [0.2, 0.25) is 0 Å². The Bertz CT molecular complexity index is 1020. The van der Waals surface area contributed by atoms with E-state index in [2.05, 4.69) is 28.8 Å². The van der Waals surface area contributed by atoms with Crippen LogP contribution in [0.3, 0.4) is 0 Å². The first kappa shape index (κ1) is 37.2. The van der Waals surface area contributed by atoms with Crippen LogP contribution in [-0.2, 0) is 30.5 Å². The molecule has 2 aromatic rings. The van der Waals surface area contributed by atoms with Gasteiger partial charge in [0.05, 0.1) is 6.33 Å². The molecule has 11 heteroatoms. The minimum atomic E-state index is -0.650. The molecule has 0 unspecified atom stereocenters. The standard InChI is InChI=1S/C33H58N6O5/c1-3-5-7-9-11-13-15-17-19-21-28(40)42-23-27(24-43-29(41)22-20-18-16-14-12-10-8-6-4-2)44-26-39-25-36-30-31(34)37-33(35)38-32(30)39/h25,27H,3-24,26H2,1-2H3,(H4,34,35,37,38). The van der Waals surface area contributed by atoms with E-state index < -0.39 is 6.10 Å². The average Bonchev–Trinajstić information content (AvgIpc) is 3.42. The maximum atomic E-state index is 12.4. The van der Waals surface area contributed by atoms with E-state index in [1.165, 1.54) is 83.4 Å². The van der Waals surface area contributed by atoms with E-state index in [1.54, 1.807) is 4.57 Å². The molecule has 0 aromatic carbocycles. The average molecular weight is 619 g/mol. The fourth-order valence-corrected chi connectivity index (χ4v) is 5.08. The van der Waals surface area contributed by atoms with E-state index in [0.29, 0.717) is 24.0 Å². The molecule has 0 fully saturated rings. The number of hydrogen-bond donors (Lipinski definition) is 2. The topological polar surface area (TPSA) is 157 Å². The number of nitrogen functional groups attached to an aromatic ring is 2. The van der Waals surface area contributed by atoms with E-state index in [0.717, 1.165) is 38.5 Å². The SMILES string of the molecule is CCCCCCCCCCCC(=O)OCC(COC(=O)CCCCCCCCCCC)OCn1cnc2c(N)nc(N)nc21. The molecule has 0 bridgehead atoms. The van der Waals surface area contributed by atoms with Crippen molar-refractivity contribution in [2.45, 2.75) is 155 Å². The summed E-state index contributed by atoms with van der Waals surface area (Å²) in [5, 5.41) is 0. The van der Waals surface area contributed by atoms with Gasteiger partial charge in [0.2, 0.25) is 5.95 Å². The molecule has 2 rings (SSSR count). The summed E-state index contributed by atoms with van der Waals surface area (Å²) in [6, 6.07) is 0. The molecule has 0 atom stereocenters. The van der Waals surface area contributed by atoms with Crippen LogP contribution in [0.4, 0.5) is 11.8 Å². The monoisotopic (exact) mass is 618 g/mol. The van der Waals surface area contributed by atoms with Crippen LogP contribution in [0, 0.1) is 0 Å². The number of unbranched alkanes of at least 4 members (excludes halogenated alkanes) is 16. The molecule has 0 aliphatic rings. The van der Waals surface area contributed by atoms with Crippen molar-refractivity contribution in [1.82, 2.24) is 19.5 Å².